The third-order valence-electron chi connectivity index (χ3n) is 5.76. The minimum Gasteiger partial charge on any atom is -0.374 e. The van der Waals surface area contributed by atoms with Crippen LogP contribution in [0.5, 0.6) is 0 Å². The molecule has 0 spiro atoms. The number of aromatic nitrogens is 4. The SMILES string of the molecule is Cc1noc(C)c1-c1cc(C(O)(c2ccc(F)cn2)c2ccc(F)cc2F)c2[nH]c(=O)[nH]c2c1. The van der Waals surface area contributed by atoms with Crippen molar-refractivity contribution in [2.75, 3.05) is 0 Å². The van der Waals surface area contributed by atoms with Crippen molar-refractivity contribution in [1.29, 1.82) is 0 Å². The lowest BCUT2D eigenvalue weighted by Gasteiger charge is -2.30. The number of aromatic amines is 2. The normalized spacial score (nSPS) is 13.4. The Hall–Kier alpha value is -4.18. The molecular formula is C24H17F3N4O3. The van der Waals surface area contributed by atoms with Crippen molar-refractivity contribution in [3.05, 3.63) is 105 Å². The van der Waals surface area contributed by atoms with Crippen LogP contribution in [0, 0.1) is 31.3 Å². The molecule has 2 aromatic carbocycles. The number of nitrogens with one attached hydrogen (secondary N) is 2. The Morgan fingerprint density at radius 1 is 0.971 bits per heavy atom. The zero-order chi connectivity index (χ0) is 24.2. The lowest BCUT2D eigenvalue weighted by molar-refractivity contribution is 0.117. The maximum atomic E-state index is 15.1. The topological polar surface area (TPSA) is 108 Å². The van der Waals surface area contributed by atoms with Gasteiger partial charge in [-0.05, 0) is 55.8 Å². The minimum absolute atomic E-state index is 0.0305. The monoisotopic (exact) mass is 466 g/mol. The Morgan fingerprint density at radius 2 is 1.74 bits per heavy atom. The standard InChI is InChI=1S/C24H17F3N4O3/c1-11-21(12(2)34-31-11)13-7-17(22-19(8-13)29-23(32)30-22)24(33,20-6-4-15(26)10-28-20)16-5-3-14(25)9-18(16)27/h3-10,33H,1-2H3,(H2,29,30,32). The number of halogens is 3. The molecule has 0 saturated carbocycles. The first-order valence-electron chi connectivity index (χ1n) is 10.2. The van der Waals surface area contributed by atoms with Crippen LogP contribution in [0.3, 0.4) is 0 Å². The number of rotatable bonds is 4. The fourth-order valence-corrected chi connectivity index (χ4v) is 4.26. The number of pyridine rings is 1. The highest BCUT2D eigenvalue weighted by molar-refractivity contribution is 5.87. The second kappa shape index (κ2) is 7.70. The van der Waals surface area contributed by atoms with Gasteiger partial charge in [-0.25, -0.2) is 18.0 Å². The molecule has 0 radical (unpaired) electrons. The van der Waals surface area contributed by atoms with Crippen LogP contribution in [0.2, 0.25) is 0 Å². The van der Waals surface area contributed by atoms with Gasteiger partial charge in [0.15, 0.2) is 5.60 Å². The van der Waals surface area contributed by atoms with Crippen LogP contribution in [0.4, 0.5) is 13.2 Å². The molecule has 0 saturated heterocycles. The van der Waals surface area contributed by atoms with Gasteiger partial charge in [0.05, 0.1) is 28.6 Å². The minimum atomic E-state index is -2.34. The number of benzene rings is 2. The van der Waals surface area contributed by atoms with Gasteiger partial charge in [-0.1, -0.05) is 5.16 Å². The summed E-state index contributed by atoms with van der Waals surface area (Å²) < 4.78 is 47.8. The van der Waals surface area contributed by atoms with Gasteiger partial charge >= 0.3 is 5.69 Å². The molecule has 3 N–H and O–H groups in total. The molecule has 0 bridgehead atoms. The van der Waals surface area contributed by atoms with E-state index in [0.717, 1.165) is 24.4 Å². The Labute approximate surface area is 189 Å². The van der Waals surface area contributed by atoms with Crippen molar-refractivity contribution < 1.29 is 22.8 Å². The molecule has 1 atom stereocenters. The Kier molecular flexibility index (Phi) is 4.90. The lowest BCUT2D eigenvalue weighted by Crippen LogP contribution is -2.32. The Morgan fingerprint density at radius 3 is 2.38 bits per heavy atom. The fourth-order valence-electron chi connectivity index (χ4n) is 4.26. The molecule has 7 nitrogen and oxygen atoms in total. The summed E-state index contributed by atoms with van der Waals surface area (Å²) in [7, 11) is 0. The number of aliphatic hydroxyl groups is 1. The number of aryl methyl sites for hydroxylation is 2. The Balaban J connectivity index is 1.91. The zero-order valence-corrected chi connectivity index (χ0v) is 17.9. The van der Waals surface area contributed by atoms with Crippen LogP contribution in [0.25, 0.3) is 22.2 Å². The number of imidazole rings is 1. The highest BCUT2D eigenvalue weighted by Gasteiger charge is 2.40. The molecule has 1 unspecified atom stereocenters. The zero-order valence-electron chi connectivity index (χ0n) is 17.9. The highest BCUT2D eigenvalue weighted by Crippen LogP contribution is 2.42. The third kappa shape index (κ3) is 3.30. The third-order valence-corrected chi connectivity index (χ3v) is 5.76. The van der Waals surface area contributed by atoms with Crippen molar-refractivity contribution in [2.45, 2.75) is 19.4 Å². The predicted molar refractivity (Wildman–Crippen MR) is 117 cm³/mol. The molecule has 5 aromatic rings. The Bertz CT molecular complexity index is 1590. The summed E-state index contributed by atoms with van der Waals surface area (Å²) in [4.78, 5) is 21.5. The molecule has 0 amide bonds. The number of nitrogens with zero attached hydrogens (tertiary/aromatic N) is 2. The van der Waals surface area contributed by atoms with Crippen molar-refractivity contribution in [3.63, 3.8) is 0 Å². The number of hydrogen-bond donors (Lipinski definition) is 3. The molecule has 0 fully saturated rings. The lowest BCUT2D eigenvalue weighted by atomic mass is 9.80. The number of fused-ring (bicyclic) bond motifs is 1. The quantitative estimate of drug-likeness (QED) is 0.368. The molecule has 3 heterocycles. The van der Waals surface area contributed by atoms with Crippen LogP contribution >= 0.6 is 0 Å². The van der Waals surface area contributed by atoms with E-state index in [4.69, 9.17) is 4.52 Å². The summed E-state index contributed by atoms with van der Waals surface area (Å²) in [6.07, 6.45) is 0.872. The summed E-state index contributed by atoms with van der Waals surface area (Å²) in [5.74, 6) is -2.09. The molecule has 172 valence electrons. The summed E-state index contributed by atoms with van der Waals surface area (Å²) in [6.45, 7) is 3.43. The van der Waals surface area contributed by atoms with Gasteiger partial charge in [0.2, 0.25) is 0 Å². The predicted octanol–water partition coefficient (Wildman–Crippen LogP) is 4.22. The molecule has 0 aliphatic rings. The molecule has 3 aromatic heterocycles. The van der Waals surface area contributed by atoms with Gasteiger partial charge in [-0.15, -0.1) is 0 Å². The van der Waals surface area contributed by atoms with Crippen molar-refractivity contribution >= 4 is 11.0 Å². The van der Waals surface area contributed by atoms with Crippen molar-refractivity contribution in [1.82, 2.24) is 20.1 Å². The first kappa shape index (κ1) is 21.7. The van der Waals surface area contributed by atoms with E-state index in [1.807, 2.05) is 0 Å². The highest BCUT2D eigenvalue weighted by atomic mass is 19.1. The number of H-pyrrole nitrogens is 2. The second-order valence-corrected chi connectivity index (χ2v) is 7.92. The molecule has 5 rings (SSSR count). The van der Waals surface area contributed by atoms with E-state index in [2.05, 4.69) is 20.1 Å². The van der Waals surface area contributed by atoms with Gasteiger partial charge in [0.1, 0.15) is 23.2 Å². The van der Waals surface area contributed by atoms with Gasteiger partial charge in [0, 0.05) is 22.8 Å². The van der Waals surface area contributed by atoms with Crippen LogP contribution in [-0.2, 0) is 5.60 Å². The molecule has 0 aliphatic carbocycles. The summed E-state index contributed by atoms with van der Waals surface area (Å²) >= 11 is 0. The molecule has 0 aliphatic heterocycles. The van der Waals surface area contributed by atoms with Gasteiger partial charge in [-0.2, -0.15) is 0 Å². The first-order chi connectivity index (χ1) is 16.2. The fraction of sp³-hybridized carbons (Fsp3) is 0.125. The van der Waals surface area contributed by atoms with Gasteiger partial charge in [0.25, 0.3) is 0 Å². The summed E-state index contributed by atoms with van der Waals surface area (Å²) in [6, 6.07) is 8.13. The number of hydrogen-bond acceptors (Lipinski definition) is 5. The van der Waals surface area contributed by atoms with E-state index >= 15 is 4.39 Å². The molecular weight excluding hydrogens is 449 g/mol. The van der Waals surface area contributed by atoms with Gasteiger partial charge < -0.3 is 19.6 Å². The van der Waals surface area contributed by atoms with E-state index < -0.39 is 28.7 Å². The van der Waals surface area contributed by atoms with E-state index in [1.54, 1.807) is 19.9 Å². The smallest absolute Gasteiger partial charge is 0.323 e. The average Bonchev–Trinajstić information content (AvgIpc) is 3.33. The summed E-state index contributed by atoms with van der Waals surface area (Å²) in [5, 5.41) is 16.1. The van der Waals surface area contributed by atoms with Crippen LogP contribution < -0.4 is 5.69 Å². The van der Waals surface area contributed by atoms with E-state index in [9.17, 15) is 18.7 Å². The van der Waals surface area contributed by atoms with Crippen LogP contribution in [-0.4, -0.2) is 25.2 Å². The first-order valence-corrected chi connectivity index (χ1v) is 10.2. The van der Waals surface area contributed by atoms with E-state index in [1.165, 1.54) is 12.1 Å². The molecule has 34 heavy (non-hydrogen) atoms. The summed E-state index contributed by atoms with van der Waals surface area (Å²) in [5.41, 5.74) is -1.22. The second-order valence-electron chi connectivity index (χ2n) is 7.92. The molecule has 10 heteroatoms. The van der Waals surface area contributed by atoms with Crippen LogP contribution in [0.15, 0.2) is 58.0 Å². The maximum Gasteiger partial charge on any atom is 0.323 e. The van der Waals surface area contributed by atoms with Crippen LogP contribution in [0.1, 0.15) is 28.3 Å². The maximum absolute atomic E-state index is 15.1. The van der Waals surface area contributed by atoms with Crippen molar-refractivity contribution in [2.24, 2.45) is 0 Å². The van der Waals surface area contributed by atoms with E-state index in [0.29, 0.717) is 34.2 Å². The largest absolute Gasteiger partial charge is 0.374 e. The van der Waals surface area contributed by atoms with E-state index in [-0.39, 0.29) is 22.3 Å². The van der Waals surface area contributed by atoms with Gasteiger partial charge in [-0.3, -0.25) is 4.98 Å². The average molecular weight is 466 g/mol. The van der Waals surface area contributed by atoms with Crippen molar-refractivity contribution in [3.8, 4) is 11.1 Å².